The molecule has 0 amide bonds. The van der Waals surface area contributed by atoms with E-state index >= 15 is 0 Å². The van der Waals surface area contributed by atoms with Crippen molar-refractivity contribution in [3.8, 4) is 0 Å². The van der Waals surface area contributed by atoms with E-state index in [9.17, 15) is 8.42 Å². The van der Waals surface area contributed by atoms with E-state index in [4.69, 9.17) is 4.18 Å². The van der Waals surface area contributed by atoms with Gasteiger partial charge in [-0.1, -0.05) is 0 Å². The molecule has 1 aromatic heterocycles. The van der Waals surface area contributed by atoms with Gasteiger partial charge >= 0.3 is 10.4 Å². The monoisotopic (exact) mass is 353 g/mol. The highest BCUT2D eigenvalue weighted by Gasteiger charge is 2.10. The van der Waals surface area contributed by atoms with Crippen molar-refractivity contribution in [2.45, 2.75) is 6.92 Å². The molecule has 130 valence electrons. The third-order valence-electron chi connectivity index (χ3n) is 3.13. The molecular weight excluding hydrogens is 334 g/mol. The molecule has 2 aromatic rings. The van der Waals surface area contributed by atoms with E-state index in [-0.39, 0.29) is 6.61 Å². The van der Waals surface area contributed by atoms with Gasteiger partial charge in [0.25, 0.3) is 0 Å². The van der Waals surface area contributed by atoms with Crippen LogP contribution in [0.4, 0.5) is 17.3 Å². The Hall–Kier alpha value is -2.30. The van der Waals surface area contributed by atoms with Crippen molar-refractivity contribution >= 4 is 27.7 Å². The normalized spacial score (nSPS) is 11.9. The number of H-pyrrole nitrogens is 1. The molecule has 1 heterocycles. The second-order valence-electron chi connectivity index (χ2n) is 4.61. The van der Waals surface area contributed by atoms with E-state index in [0.717, 1.165) is 12.8 Å². The number of azo groups is 1. The summed E-state index contributed by atoms with van der Waals surface area (Å²) in [5.41, 5.74) is 1.61. The van der Waals surface area contributed by atoms with Gasteiger partial charge in [0.2, 0.25) is 5.95 Å². The number of hydrogen-bond donors (Lipinski definition) is 1. The molecule has 0 saturated heterocycles. The van der Waals surface area contributed by atoms with Gasteiger partial charge in [-0.3, -0.25) is 4.18 Å². The fraction of sp³-hybridized carbons (Fsp3) is 0.357. The minimum atomic E-state index is -3.90. The number of hydrogen-bond acceptors (Lipinski definition) is 8. The summed E-state index contributed by atoms with van der Waals surface area (Å²) >= 11 is 0. The number of aromatic nitrogens is 2. The maximum absolute atomic E-state index is 11.1. The Balaban J connectivity index is 1.94. The minimum Gasteiger partial charge on any atom is -0.369 e. The van der Waals surface area contributed by atoms with Crippen LogP contribution < -0.4 is 4.90 Å². The smallest absolute Gasteiger partial charge is 0.369 e. The van der Waals surface area contributed by atoms with Gasteiger partial charge in [-0.2, -0.15) is 8.42 Å². The summed E-state index contributed by atoms with van der Waals surface area (Å²) in [4.78, 5) is 8.76. The summed E-state index contributed by atoms with van der Waals surface area (Å²) in [6.45, 7) is 3.08. The highest BCUT2D eigenvalue weighted by Crippen LogP contribution is 2.21. The van der Waals surface area contributed by atoms with E-state index in [1.807, 2.05) is 36.1 Å². The van der Waals surface area contributed by atoms with Crippen LogP contribution in [0.5, 0.6) is 0 Å². The molecule has 0 fully saturated rings. The minimum absolute atomic E-state index is 0.00394. The zero-order chi connectivity index (χ0) is 17.4. The highest BCUT2D eigenvalue weighted by molar-refractivity contribution is 7.81. The zero-order valence-corrected chi connectivity index (χ0v) is 14.2. The van der Waals surface area contributed by atoms with Crippen LogP contribution in [0.25, 0.3) is 0 Å². The Bertz CT molecular complexity index is 744. The Morgan fingerprint density at radius 1 is 1.25 bits per heavy atom. The highest BCUT2D eigenvalue weighted by atomic mass is 32.3. The fourth-order valence-electron chi connectivity index (χ4n) is 1.91. The number of nitrogens with zero attached hydrogens (tertiary/aromatic N) is 4. The van der Waals surface area contributed by atoms with Gasteiger partial charge in [0, 0.05) is 31.2 Å². The lowest BCUT2D eigenvalue weighted by atomic mass is 10.2. The lowest BCUT2D eigenvalue weighted by Gasteiger charge is -2.22. The van der Waals surface area contributed by atoms with Crippen LogP contribution in [0.3, 0.4) is 0 Å². The summed E-state index contributed by atoms with van der Waals surface area (Å²) in [6.07, 6.45) is 3.27. The van der Waals surface area contributed by atoms with Crippen LogP contribution in [0, 0.1) is 0 Å². The quantitative estimate of drug-likeness (QED) is 0.694. The number of rotatable bonds is 9. The first-order chi connectivity index (χ1) is 11.5. The first-order valence-corrected chi connectivity index (χ1v) is 8.58. The van der Waals surface area contributed by atoms with Crippen molar-refractivity contribution < 1.29 is 16.8 Å². The van der Waals surface area contributed by atoms with Crippen LogP contribution in [-0.4, -0.2) is 45.2 Å². The lowest BCUT2D eigenvalue weighted by molar-refractivity contribution is 0.248. The van der Waals surface area contributed by atoms with Crippen LogP contribution in [-0.2, 0) is 18.8 Å². The topological polar surface area (TPSA) is 109 Å². The van der Waals surface area contributed by atoms with Gasteiger partial charge in [-0.25, -0.2) is 9.17 Å². The SMILES string of the molecule is CCN(CCOS(=O)(=O)OC)c1ccc(N=Nc2ncc[nH]2)cc1. The maximum Gasteiger partial charge on any atom is 0.399 e. The molecule has 1 aromatic carbocycles. The van der Waals surface area contributed by atoms with Crippen molar-refractivity contribution in [3.05, 3.63) is 36.7 Å². The van der Waals surface area contributed by atoms with E-state index in [1.165, 1.54) is 0 Å². The number of anilines is 1. The van der Waals surface area contributed by atoms with Crippen LogP contribution >= 0.6 is 0 Å². The molecule has 1 N–H and O–H groups in total. The largest absolute Gasteiger partial charge is 0.399 e. The first-order valence-electron chi connectivity index (χ1n) is 7.25. The molecule has 0 aliphatic carbocycles. The molecule has 0 saturated carbocycles. The average Bonchev–Trinajstić information content (AvgIpc) is 3.11. The summed E-state index contributed by atoms with van der Waals surface area (Å²) < 4.78 is 31.2. The van der Waals surface area contributed by atoms with Crippen LogP contribution in [0.2, 0.25) is 0 Å². The third-order valence-corrected chi connectivity index (χ3v) is 4.00. The number of imidazole rings is 1. The second kappa shape index (κ2) is 8.52. The average molecular weight is 353 g/mol. The number of likely N-dealkylation sites (N-methyl/N-ethyl adjacent to an activating group) is 1. The molecule has 0 radical (unpaired) electrons. The van der Waals surface area contributed by atoms with Crippen molar-refractivity contribution in [2.75, 3.05) is 31.7 Å². The van der Waals surface area contributed by atoms with Crippen molar-refractivity contribution in [2.24, 2.45) is 10.2 Å². The van der Waals surface area contributed by atoms with Gasteiger partial charge in [-0.05, 0) is 31.2 Å². The first kappa shape index (κ1) is 18.0. The molecule has 0 unspecified atom stereocenters. The lowest BCUT2D eigenvalue weighted by Crippen LogP contribution is -2.28. The Morgan fingerprint density at radius 3 is 2.58 bits per heavy atom. The fourth-order valence-corrected chi connectivity index (χ4v) is 2.29. The molecule has 0 aliphatic rings. The predicted octanol–water partition coefficient (Wildman–Crippen LogP) is 2.56. The Labute approximate surface area is 140 Å². The molecule has 10 heteroatoms. The molecular formula is C14H19N5O4S. The molecule has 0 spiro atoms. The van der Waals surface area contributed by atoms with Gasteiger partial charge in [-0.15, -0.1) is 10.2 Å². The number of nitrogens with one attached hydrogen (secondary N) is 1. The zero-order valence-electron chi connectivity index (χ0n) is 13.4. The third kappa shape index (κ3) is 5.41. The molecule has 9 nitrogen and oxygen atoms in total. The van der Waals surface area contributed by atoms with E-state index < -0.39 is 10.4 Å². The van der Waals surface area contributed by atoms with Gasteiger partial charge in [0.1, 0.15) is 0 Å². The Morgan fingerprint density at radius 2 is 2.00 bits per heavy atom. The van der Waals surface area contributed by atoms with Gasteiger partial charge < -0.3 is 9.88 Å². The Kier molecular flexibility index (Phi) is 6.41. The number of benzene rings is 1. The van der Waals surface area contributed by atoms with Gasteiger partial charge in [0.15, 0.2) is 0 Å². The van der Waals surface area contributed by atoms with Gasteiger partial charge in [0.05, 0.1) is 19.4 Å². The molecule has 0 bridgehead atoms. The molecule has 2 rings (SSSR count). The van der Waals surface area contributed by atoms with E-state index in [0.29, 0.717) is 24.7 Å². The molecule has 0 aliphatic heterocycles. The standard InChI is InChI=1S/C14H19N5O4S/c1-3-19(10-11-23-24(20,21)22-2)13-6-4-12(5-7-13)17-18-14-15-8-9-16-14/h4-9H,3,10-11H2,1-2H3,(H,15,16). The summed E-state index contributed by atoms with van der Waals surface area (Å²) in [7, 11) is -2.85. The van der Waals surface area contributed by atoms with Crippen molar-refractivity contribution in [1.82, 2.24) is 9.97 Å². The van der Waals surface area contributed by atoms with Crippen molar-refractivity contribution in [1.29, 1.82) is 0 Å². The number of aromatic amines is 1. The molecule has 0 atom stereocenters. The molecule has 24 heavy (non-hydrogen) atoms. The summed E-state index contributed by atoms with van der Waals surface area (Å²) in [6, 6.07) is 7.39. The maximum atomic E-state index is 11.1. The van der Waals surface area contributed by atoms with E-state index in [1.54, 1.807) is 12.4 Å². The second-order valence-corrected chi connectivity index (χ2v) is 5.99. The van der Waals surface area contributed by atoms with E-state index in [2.05, 4.69) is 24.4 Å². The van der Waals surface area contributed by atoms with Crippen LogP contribution in [0.1, 0.15) is 6.92 Å². The summed E-state index contributed by atoms with van der Waals surface area (Å²) in [5.74, 6) is 0.436. The van der Waals surface area contributed by atoms with Crippen molar-refractivity contribution in [3.63, 3.8) is 0 Å². The van der Waals surface area contributed by atoms with Crippen LogP contribution in [0.15, 0.2) is 46.9 Å². The summed E-state index contributed by atoms with van der Waals surface area (Å²) in [5, 5.41) is 8.03. The predicted molar refractivity (Wildman–Crippen MR) is 89.0 cm³/mol.